The van der Waals surface area contributed by atoms with Crippen LogP contribution in [0.5, 0.6) is 0 Å². The molecule has 2 atom stereocenters. The summed E-state index contributed by atoms with van der Waals surface area (Å²) in [5.41, 5.74) is 2.20. The lowest BCUT2D eigenvalue weighted by Crippen LogP contribution is -2.52. The predicted octanol–water partition coefficient (Wildman–Crippen LogP) is 3.59. The maximum absolute atomic E-state index is 13.2. The summed E-state index contributed by atoms with van der Waals surface area (Å²) in [4.78, 5) is 46.7. The van der Waals surface area contributed by atoms with Crippen molar-refractivity contribution >= 4 is 51.8 Å². The molecule has 176 valence electrons. The van der Waals surface area contributed by atoms with Crippen LogP contribution >= 0.6 is 22.7 Å². The van der Waals surface area contributed by atoms with Crippen LogP contribution in [0.2, 0.25) is 0 Å². The smallest absolute Gasteiger partial charge is 0.272 e. The van der Waals surface area contributed by atoms with Gasteiger partial charge in [-0.1, -0.05) is 30.3 Å². The number of carbonyl (C=O) groups is 3. The zero-order chi connectivity index (χ0) is 24.1. The minimum Gasteiger partial charge on any atom is -0.345 e. The summed E-state index contributed by atoms with van der Waals surface area (Å²) >= 11 is 3.18. The van der Waals surface area contributed by atoms with E-state index in [-0.39, 0.29) is 11.8 Å². The van der Waals surface area contributed by atoms with E-state index in [0.29, 0.717) is 18.6 Å². The van der Waals surface area contributed by atoms with Crippen LogP contribution in [-0.2, 0) is 20.8 Å². The van der Waals surface area contributed by atoms with Crippen molar-refractivity contribution in [3.05, 3.63) is 74.6 Å². The molecule has 7 nitrogen and oxygen atoms in total. The number of aliphatic imine (C=N–C) groups is 1. The third-order valence-electron chi connectivity index (χ3n) is 5.55. The zero-order valence-electron chi connectivity index (χ0n) is 19.0. The van der Waals surface area contributed by atoms with Gasteiger partial charge in [0.15, 0.2) is 0 Å². The van der Waals surface area contributed by atoms with Crippen LogP contribution in [-0.4, -0.2) is 42.7 Å². The third kappa shape index (κ3) is 5.43. The number of amides is 3. The first-order valence-corrected chi connectivity index (χ1v) is 12.8. The van der Waals surface area contributed by atoms with Gasteiger partial charge in [-0.05, 0) is 48.7 Å². The van der Waals surface area contributed by atoms with Gasteiger partial charge in [0.25, 0.3) is 5.91 Å². The Balaban J connectivity index is 1.44. The van der Waals surface area contributed by atoms with Gasteiger partial charge >= 0.3 is 0 Å². The summed E-state index contributed by atoms with van der Waals surface area (Å²) < 4.78 is 0. The van der Waals surface area contributed by atoms with Crippen LogP contribution in [0.4, 0.5) is 5.69 Å². The number of likely N-dealkylation sites (N-methyl/N-ethyl adjacent to an activating group) is 1. The second-order valence-corrected chi connectivity index (χ2v) is 9.98. The quantitative estimate of drug-likeness (QED) is 0.501. The summed E-state index contributed by atoms with van der Waals surface area (Å²) in [5.74, 6) is -1.00. The lowest BCUT2D eigenvalue weighted by atomic mass is 10.1. The molecule has 0 spiro atoms. The molecule has 9 heteroatoms. The van der Waals surface area contributed by atoms with E-state index in [1.54, 1.807) is 25.3 Å². The topological polar surface area (TPSA) is 90.9 Å². The first-order valence-electron chi connectivity index (χ1n) is 11.0. The highest BCUT2D eigenvalue weighted by molar-refractivity contribution is 7.12. The van der Waals surface area contributed by atoms with E-state index in [2.05, 4.69) is 15.6 Å². The third-order valence-corrected chi connectivity index (χ3v) is 7.37. The minimum atomic E-state index is -1.10. The van der Waals surface area contributed by atoms with E-state index < -0.39 is 18.1 Å². The number of para-hydroxylation sites is 1. The van der Waals surface area contributed by atoms with Gasteiger partial charge in [0, 0.05) is 23.9 Å². The number of anilines is 1. The Morgan fingerprint density at radius 2 is 1.85 bits per heavy atom. The number of benzene rings is 1. The van der Waals surface area contributed by atoms with E-state index in [0.717, 1.165) is 22.5 Å². The van der Waals surface area contributed by atoms with Crippen molar-refractivity contribution in [2.75, 3.05) is 11.9 Å². The summed E-state index contributed by atoms with van der Waals surface area (Å²) in [6.07, 6.45) is 0.769. The molecule has 0 saturated carbocycles. The maximum atomic E-state index is 13.2. The van der Waals surface area contributed by atoms with Crippen LogP contribution in [0, 0.1) is 0 Å². The highest BCUT2D eigenvalue weighted by atomic mass is 32.1. The second kappa shape index (κ2) is 10.8. The summed E-state index contributed by atoms with van der Waals surface area (Å²) in [6.45, 7) is 1.61. The van der Waals surface area contributed by atoms with E-state index in [4.69, 9.17) is 0 Å². The minimum absolute atomic E-state index is 0.196. The maximum Gasteiger partial charge on any atom is 0.272 e. The van der Waals surface area contributed by atoms with Crippen molar-refractivity contribution in [1.82, 2.24) is 10.6 Å². The molecule has 0 radical (unpaired) electrons. The summed E-state index contributed by atoms with van der Waals surface area (Å²) in [6, 6.07) is 14.6. The first-order chi connectivity index (χ1) is 16.4. The lowest BCUT2D eigenvalue weighted by molar-refractivity contribution is -0.130. The first kappa shape index (κ1) is 23.8. The van der Waals surface area contributed by atoms with Crippen molar-refractivity contribution in [3.63, 3.8) is 0 Å². The molecule has 1 aliphatic rings. The van der Waals surface area contributed by atoms with E-state index in [9.17, 15) is 14.4 Å². The Bertz CT molecular complexity index is 1190. The molecule has 1 aliphatic heterocycles. The van der Waals surface area contributed by atoms with Gasteiger partial charge in [0.2, 0.25) is 18.0 Å². The lowest BCUT2D eigenvalue weighted by Gasteiger charge is -2.22. The van der Waals surface area contributed by atoms with Gasteiger partial charge in [-0.15, -0.1) is 22.7 Å². The average Bonchev–Trinajstić information content (AvgIpc) is 3.54. The second-order valence-electron chi connectivity index (χ2n) is 8.00. The number of aryl methyl sites for hydroxylation is 1. The van der Waals surface area contributed by atoms with E-state index in [1.807, 2.05) is 59.3 Å². The van der Waals surface area contributed by atoms with Crippen LogP contribution in [0.3, 0.4) is 0 Å². The summed E-state index contributed by atoms with van der Waals surface area (Å²) in [5, 5.41) is 9.41. The fraction of sp³-hybridized carbons (Fsp3) is 0.280. The Hall–Kier alpha value is -3.30. The molecule has 34 heavy (non-hydrogen) atoms. The van der Waals surface area contributed by atoms with Crippen molar-refractivity contribution in [2.24, 2.45) is 4.99 Å². The van der Waals surface area contributed by atoms with Gasteiger partial charge in [-0.3, -0.25) is 14.4 Å². The molecule has 0 fully saturated rings. The molecule has 4 rings (SSSR count). The monoisotopic (exact) mass is 494 g/mol. The molecule has 0 saturated heterocycles. The molecule has 0 aliphatic carbocycles. The fourth-order valence-corrected chi connectivity index (χ4v) is 5.23. The molecule has 3 aromatic rings. The number of fused-ring (bicyclic) bond motifs is 1. The Morgan fingerprint density at radius 3 is 2.59 bits per heavy atom. The Labute approximate surface area is 206 Å². The van der Waals surface area contributed by atoms with Crippen molar-refractivity contribution in [3.8, 4) is 0 Å². The molecule has 0 bridgehead atoms. The molecular weight excluding hydrogens is 468 g/mol. The largest absolute Gasteiger partial charge is 0.345 e. The van der Waals surface area contributed by atoms with Crippen molar-refractivity contribution < 1.29 is 14.4 Å². The predicted molar refractivity (Wildman–Crippen MR) is 137 cm³/mol. The molecule has 2 N–H and O–H groups in total. The molecule has 3 amide bonds. The Kier molecular flexibility index (Phi) is 7.54. The van der Waals surface area contributed by atoms with Crippen LogP contribution < -0.4 is 15.5 Å². The van der Waals surface area contributed by atoms with E-state index >= 15 is 0 Å². The highest BCUT2D eigenvalue weighted by Gasteiger charge is 2.32. The van der Waals surface area contributed by atoms with Crippen molar-refractivity contribution in [1.29, 1.82) is 0 Å². The zero-order valence-corrected chi connectivity index (χ0v) is 20.6. The van der Waals surface area contributed by atoms with Crippen LogP contribution in [0.25, 0.3) is 0 Å². The number of carbonyl (C=O) groups excluding carboxylic acids is 3. The van der Waals surface area contributed by atoms with Gasteiger partial charge in [-0.2, -0.15) is 0 Å². The molecular formula is C25H26N4O3S2. The molecule has 1 unspecified atom stereocenters. The van der Waals surface area contributed by atoms with Gasteiger partial charge in [0.05, 0.1) is 16.3 Å². The number of nitrogens with one attached hydrogen (secondary N) is 2. The van der Waals surface area contributed by atoms with Crippen molar-refractivity contribution in [2.45, 2.75) is 38.4 Å². The van der Waals surface area contributed by atoms with Crippen LogP contribution in [0.1, 0.15) is 35.1 Å². The number of thiophene rings is 2. The highest BCUT2D eigenvalue weighted by Crippen LogP contribution is 2.28. The normalized spacial score (nSPS) is 16.3. The van der Waals surface area contributed by atoms with Gasteiger partial charge < -0.3 is 15.5 Å². The van der Waals surface area contributed by atoms with E-state index in [1.165, 1.54) is 21.1 Å². The SMILES string of the molecule is C[C@H](NC(=O)CCCc1cccs1)C(=O)NC1N=C(c2cccs2)c2ccccc2N(C)C1=O. The Morgan fingerprint density at radius 1 is 1.09 bits per heavy atom. The standard InChI is InChI=1S/C25H26N4O3S2/c1-16(26-21(30)13-5-8-17-9-6-14-33-17)24(31)28-23-25(32)29(2)19-11-4-3-10-18(19)22(27-23)20-12-7-15-34-20/h3-4,6-7,9-12,14-16,23H,5,8,13H2,1-2H3,(H,26,30)(H,28,31)/t16-,23?/m0/s1. The molecule has 1 aromatic carbocycles. The van der Waals surface area contributed by atoms with Crippen LogP contribution in [0.15, 0.2) is 64.3 Å². The number of rotatable bonds is 8. The van der Waals surface area contributed by atoms with Gasteiger partial charge in [0.1, 0.15) is 6.04 Å². The number of hydrogen-bond donors (Lipinski definition) is 2. The molecule has 2 aromatic heterocycles. The number of benzodiazepines with no additional fused rings is 1. The summed E-state index contributed by atoms with van der Waals surface area (Å²) in [7, 11) is 1.67. The molecule has 3 heterocycles. The number of nitrogens with zero attached hydrogens (tertiary/aromatic N) is 2. The average molecular weight is 495 g/mol. The number of hydrogen-bond acceptors (Lipinski definition) is 6. The van der Waals surface area contributed by atoms with Gasteiger partial charge in [-0.25, -0.2) is 4.99 Å². The fourth-order valence-electron chi connectivity index (χ4n) is 3.74.